The highest BCUT2D eigenvalue weighted by molar-refractivity contribution is 8.00. The molecule has 0 radical (unpaired) electrons. The molecule has 0 saturated carbocycles. The van der Waals surface area contributed by atoms with Crippen LogP contribution in [0.5, 0.6) is 0 Å². The first-order valence-electron chi connectivity index (χ1n) is 7.42. The van der Waals surface area contributed by atoms with Gasteiger partial charge in [-0.05, 0) is 37.3 Å². The van der Waals surface area contributed by atoms with Crippen molar-refractivity contribution in [3.05, 3.63) is 64.9 Å². The molecule has 1 N–H and O–H groups in total. The minimum absolute atomic E-state index is 0.203. The van der Waals surface area contributed by atoms with Crippen LogP contribution in [0.15, 0.2) is 60.0 Å². The smallest absolute Gasteiger partial charge is 0.237 e. The number of anilines is 1. The summed E-state index contributed by atoms with van der Waals surface area (Å²) in [6.45, 7) is 1.78. The molecule has 1 atom stereocenters. The fraction of sp³-hybridized carbons (Fsp3) is 0.118. The lowest BCUT2D eigenvalue weighted by Gasteiger charge is -2.11. The summed E-state index contributed by atoms with van der Waals surface area (Å²) in [4.78, 5) is 16.6. The molecule has 0 saturated heterocycles. The zero-order valence-electron chi connectivity index (χ0n) is 13.2. The Labute approximate surface area is 159 Å². The van der Waals surface area contributed by atoms with Crippen LogP contribution in [0.3, 0.4) is 0 Å². The van der Waals surface area contributed by atoms with E-state index in [1.54, 1.807) is 36.1 Å². The number of carbonyl (C=O) groups excluding carboxylic acids is 1. The molecule has 1 aromatic heterocycles. The lowest BCUT2D eigenvalue weighted by atomic mass is 10.3. The number of nitrogens with zero attached hydrogens (tertiary/aromatic N) is 3. The number of aromatic nitrogens is 3. The van der Waals surface area contributed by atoms with Gasteiger partial charge in [0.15, 0.2) is 0 Å². The summed E-state index contributed by atoms with van der Waals surface area (Å²) in [5, 5.41) is 8.20. The maximum Gasteiger partial charge on any atom is 0.237 e. The summed E-state index contributed by atoms with van der Waals surface area (Å²) in [6, 6.07) is 14.6. The molecule has 0 bridgehead atoms. The molecule has 3 aromatic rings. The van der Waals surface area contributed by atoms with Crippen LogP contribution in [-0.4, -0.2) is 25.9 Å². The van der Waals surface area contributed by atoms with Gasteiger partial charge in [-0.15, -0.1) is 5.10 Å². The summed E-state index contributed by atoms with van der Waals surface area (Å²) < 4.78 is 1.67. The minimum Gasteiger partial charge on any atom is -0.324 e. The van der Waals surface area contributed by atoms with E-state index in [4.69, 9.17) is 23.2 Å². The van der Waals surface area contributed by atoms with Crippen LogP contribution in [0.4, 0.5) is 5.69 Å². The van der Waals surface area contributed by atoms with E-state index in [1.165, 1.54) is 11.8 Å². The summed E-state index contributed by atoms with van der Waals surface area (Å²) in [5.74, 6) is -0.203. The van der Waals surface area contributed by atoms with E-state index in [1.807, 2.05) is 30.3 Å². The van der Waals surface area contributed by atoms with E-state index in [-0.39, 0.29) is 5.91 Å². The Hall–Kier alpha value is -2.02. The number of carbonyl (C=O) groups is 1. The van der Waals surface area contributed by atoms with E-state index in [2.05, 4.69) is 15.4 Å². The summed E-state index contributed by atoms with van der Waals surface area (Å²) in [7, 11) is 0. The molecule has 0 aliphatic heterocycles. The second-order valence-corrected chi connectivity index (χ2v) is 7.33. The highest BCUT2D eigenvalue weighted by Gasteiger charge is 2.18. The Balaban J connectivity index is 1.66. The van der Waals surface area contributed by atoms with Crippen LogP contribution in [0.2, 0.25) is 10.0 Å². The van der Waals surface area contributed by atoms with E-state index in [0.29, 0.717) is 20.9 Å². The molecule has 0 unspecified atom stereocenters. The number of thioether (sulfide) groups is 1. The molecule has 0 aliphatic carbocycles. The van der Waals surface area contributed by atoms with Gasteiger partial charge in [-0.3, -0.25) is 4.79 Å². The number of benzene rings is 2. The second kappa shape index (κ2) is 7.91. The van der Waals surface area contributed by atoms with Gasteiger partial charge < -0.3 is 5.32 Å². The number of nitrogens with one attached hydrogen (secondary N) is 1. The zero-order chi connectivity index (χ0) is 17.8. The number of para-hydroxylation sites is 1. The predicted octanol–water partition coefficient (Wildman–Crippen LogP) is 4.69. The highest BCUT2D eigenvalue weighted by Crippen LogP contribution is 2.27. The molecule has 0 fully saturated rings. The van der Waals surface area contributed by atoms with Gasteiger partial charge in [0.2, 0.25) is 11.1 Å². The molecule has 5 nitrogen and oxygen atoms in total. The maximum absolute atomic E-state index is 12.4. The number of rotatable bonds is 5. The first-order chi connectivity index (χ1) is 12.0. The van der Waals surface area contributed by atoms with E-state index >= 15 is 0 Å². The zero-order valence-corrected chi connectivity index (χ0v) is 15.5. The highest BCUT2D eigenvalue weighted by atomic mass is 35.5. The monoisotopic (exact) mass is 392 g/mol. The van der Waals surface area contributed by atoms with Crippen molar-refractivity contribution in [1.82, 2.24) is 14.8 Å². The summed E-state index contributed by atoms with van der Waals surface area (Å²) >= 11 is 13.3. The molecule has 0 aliphatic rings. The van der Waals surface area contributed by atoms with Crippen molar-refractivity contribution in [2.24, 2.45) is 0 Å². The molecular formula is C17H14Cl2N4OS. The topological polar surface area (TPSA) is 59.8 Å². The number of halogens is 2. The van der Waals surface area contributed by atoms with Gasteiger partial charge in [0.05, 0.1) is 21.6 Å². The van der Waals surface area contributed by atoms with Gasteiger partial charge in [0.1, 0.15) is 6.33 Å². The lowest BCUT2D eigenvalue weighted by molar-refractivity contribution is -0.115. The average Bonchev–Trinajstić information content (AvgIpc) is 3.07. The molecule has 25 heavy (non-hydrogen) atoms. The number of hydrogen-bond acceptors (Lipinski definition) is 4. The molecule has 1 heterocycles. The van der Waals surface area contributed by atoms with Crippen molar-refractivity contribution in [2.45, 2.75) is 17.3 Å². The van der Waals surface area contributed by atoms with Crippen molar-refractivity contribution in [3.8, 4) is 5.69 Å². The van der Waals surface area contributed by atoms with E-state index in [9.17, 15) is 4.79 Å². The van der Waals surface area contributed by atoms with Crippen LogP contribution in [0.25, 0.3) is 5.69 Å². The second-order valence-electron chi connectivity index (χ2n) is 5.18. The van der Waals surface area contributed by atoms with Gasteiger partial charge in [-0.25, -0.2) is 9.67 Å². The van der Waals surface area contributed by atoms with Gasteiger partial charge in [-0.1, -0.05) is 53.2 Å². The fourth-order valence-electron chi connectivity index (χ4n) is 2.05. The Bertz CT molecular complexity index is 885. The molecule has 2 aromatic carbocycles. The normalized spacial score (nSPS) is 12.0. The molecule has 8 heteroatoms. The molecule has 3 rings (SSSR count). The molecule has 128 valence electrons. The molecule has 0 spiro atoms. The third kappa shape index (κ3) is 4.54. The van der Waals surface area contributed by atoms with Crippen molar-refractivity contribution < 1.29 is 4.79 Å². The van der Waals surface area contributed by atoms with Gasteiger partial charge in [0, 0.05) is 5.02 Å². The number of amides is 1. The van der Waals surface area contributed by atoms with Gasteiger partial charge in [-0.2, -0.15) is 0 Å². The standard InChI is InChI=1S/C17H14Cl2N4OS/c1-11(16(24)21-15-9-12(18)7-8-14(15)19)25-17-20-10-23(22-17)13-5-3-2-4-6-13/h2-11H,1H3,(H,21,24)/t11-/m1/s1. The summed E-state index contributed by atoms with van der Waals surface area (Å²) in [6.07, 6.45) is 1.62. The van der Waals surface area contributed by atoms with Crippen molar-refractivity contribution >= 4 is 46.6 Å². The Morgan fingerprint density at radius 1 is 1.20 bits per heavy atom. The first-order valence-corrected chi connectivity index (χ1v) is 9.06. The predicted molar refractivity (Wildman–Crippen MR) is 102 cm³/mol. The van der Waals surface area contributed by atoms with Crippen molar-refractivity contribution in [3.63, 3.8) is 0 Å². The Morgan fingerprint density at radius 3 is 2.72 bits per heavy atom. The molecule has 1 amide bonds. The van der Waals surface area contributed by atoms with Crippen molar-refractivity contribution in [1.29, 1.82) is 0 Å². The van der Waals surface area contributed by atoms with E-state index < -0.39 is 5.25 Å². The minimum atomic E-state index is -0.401. The fourth-order valence-corrected chi connectivity index (χ4v) is 3.11. The largest absolute Gasteiger partial charge is 0.324 e. The van der Waals surface area contributed by atoms with Crippen LogP contribution >= 0.6 is 35.0 Å². The Kier molecular flexibility index (Phi) is 5.63. The SMILES string of the molecule is C[C@@H](Sc1ncn(-c2ccccc2)n1)C(=O)Nc1cc(Cl)ccc1Cl. The van der Waals surface area contributed by atoms with Gasteiger partial charge in [0.25, 0.3) is 0 Å². The molecular weight excluding hydrogens is 379 g/mol. The third-order valence-electron chi connectivity index (χ3n) is 3.33. The van der Waals surface area contributed by atoms with E-state index in [0.717, 1.165) is 5.69 Å². The number of hydrogen-bond donors (Lipinski definition) is 1. The first kappa shape index (κ1) is 17.8. The third-order valence-corrected chi connectivity index (χ3v) is 4.86. The lowest BCUT2D eigenvalue weighted by Crippen LogP contribution is -2.22. The summed E-state index contributed by atoms with van der Waals surface area (Å²) in [5.41, 5.74) is 1.39. The Morgan fingerprint density at radius 2 is 1.96 bits per heavy atom. The average molecular weight is 393 g/mol. The van der Waals surface area contributed by atoms with Crippen LogP contribution in [0.1, 0.15) is 6.92 Å². The quantitative estimate of drug-likeness (QED) is 0.639. The van der Waals surface area contributed by atoms with Crippen molar-refractivity contribution in [2.75, 3.05) is 5.32 Å². The van der Waals surface area contributed by atoms with Crippen LogP contribution < -0.4 is 5.32 Å². The van der Waals surface area contributed by atoms with Gasteiger partial charge >= 0.3 is 0 Å². The maximum atomic E-state index is 12.4. The van der Waals surface area contributed by atoms with Crippen LogP contribution in [-0.2, 0) is 4.79 Å². The van der Waals surface area contributed by atoms with Crippen LogP contribution in [0, 0.1) is 0 Å².